The maximum absolute atomic E-state index is 12.1. The number of carboxylic acid groups (broad SMARTS) is 1. The van der Waals surface area contributed by atoms with E-state index in [1.807, 2.05) is 44.2 Å². The Bertz CT molecular complexity index is 433. The summed E-state index contributed by atoms with van der Waals surface area (Å²) in [6.45, 7) is 3.83. The van der Waals surface area contributed by atoms with Crippen molar-refractivity contribution >= 4 is 11.9 Å². The molecule has 5 nitrogen and oxygen atoms in total. The lowest BCUT2D eigenvalue weighted by atomic mass is 10.1. The number of carboxylic acids is 1. The lowest BCUT2D eigenvalue weighted by Crippen LogP contribution is -2.40. The minimum Gasteiger partial charge on any atom is -0.480 e. The lowest BCUT2D eigenvalue weighted by molar-refractivity contribution is -0.146. The normalized spacial score (nSPS) is 11.9. The lowest BCUT2D eigenvalue weighted by Gasteiger charge is -2.28. The van der Waals surface area contributed by atoms with Crippen molar-refractivity contribution in [1.82, 2.24) is 4.90 Å². The molecule has 0 aliphatic carbocycles. The van der Waals surface area contributed by atoms with Crippen LogP contribution < -0.4 is 0 Å². The molecule has 1 N–H and O–H groups in total. The molecule has 0 saturated heterocycles. The Morgan fingerprint density at radius 1 is 1.25 bits per heavy atom. The summed E-state index contributed by atoms with van der Waals surface area (Å²) >= 11 is 0. The van der Waals surface area contributed by atoms with Crippen molar-refractivity contribution in [2.45, 2.75) is 32.9 Å². The number of hydrogen-bond donors (Lipinski definition) is 1. The molecule has 1 rings (SSSR count). The van der Waals surface area contributed by atoms with Crippen molar-refractivity contribution < 1.29 is 19.4 Å². The average molecular weight is 279 g/mol. The van der Waals surface area contributed by atoms with Crippen molar-refractivity contribution in [3.05, 3.63) is 35.9 Å². The molecule has 1 amide bonds. The van der Waals surface area contributed by atoms with E-state index in [0.717, 1.165) is 12.0 Å². The van der Waals surface area contributed by atoms with Gasteiger partial charge in [-0.15, -0.1) is 0 Å². The molecule has 0 aliphatic rings. The third-order valence-electron chi connectivity index (χ3n) is 3.09. The third kappa shape index (κ3) is 5.40. The fourth-order valence-electron chi connectivity index (χ4n) is 1.80. The SMILES string of the molecule is CCC(C)N(Cc1ccccc1)C(=O)COCC(=O)O. The molecule has 0 radical (unpaired) electrons. The van der Waals surface area contributed by atoms with E-state index in [2.05, 4.69) is 0 Å². The quantitative estimate of drug-likeness (QED) is 0.789. The Hall–Kier alpha value is -1.88. The summed E-state index contributed by atoms with van der Waals surface area (Å²) < 4.78 is 4.88. The Morgan fingerprint density at radius 2 is 1.90 bits per heavy atom. The maximum atomic E-state index is 12.1. The molecule has 0 fully saturated rings. The molecule has 0 saturated carbocycles. The zero-order valence-corrected chi connectivity index (χ0v) is 11.9. The number of aliphatic carboxylic acids is 1. The van der Waals surface area contributed by atoms with E-state index >= 15 is 0 Å². The summed E-state index contributed by atoms with van der Waals surface area (Å²) in [6, 6.07) is 9.78. The van der Waals surface area contributed by atoms with E-state index in [-0.39, 0.29) is 18.6 Å². The molecule has 0 spiro atoms. The van der Waals surface area contributed by atoms with Gasteiger partial charge in [0.05, 0.1) is 0 Å². The summed E-state index contributed by atoms with van der Waals surface area (Å²) in [4.78, 5) is 24.2. The van der Waals surface area contributed by atoms with E-state index < -0.39 is 12.6 Å². The van der Waals surface area contributed by atoms with Crippen LogP contribution >= 0.6 is 0 Å². The van der Waals surface area contributed by atoms with E-state index in [0.29, 0.717) is 6.54 Å². The van der Waals surface area contributed by atoms with Gasteiger partial charge in [0.2, 0.25) is 5.91 Å². The number of amides is 1. The van der Waals surface area contributed by atoms with E-state index in [4.69, 9.17) is 9.84 Å². The molecular weight excluding hydrogens is 258 g/mol. The second kappa shape index (κ2) is 8.32. The number of carbonyl (C=O) groups is 2. The van der Waals surface area contributed by atoms with Crippen LogP contribution in [0.25, 0.3) is 0 Å². The molecule has 20 heavy (non-hydrogen) atoms. The van der Waals surface area contributed by atoms with Gasteiger partial charge in [-0.05, 0) is 18.9 Å². The van der Waals surface area contributed by atoms with Crippen LogP contribution in [0.4, 0.5) is 0 Å². The van der Waals surface area contributed by atoms with Crippen molar-refractivity contribution in [3.63, 3.8) is 0 Å². The van der Waals surface area contributed by atoms with Gasteiger partial charge in [-0.2, -0.15) is 0 Å². The summed E-state index contributed by atoms with van der Waals surface area (Å²) in [5.41, 5.74) is 1.04. The van der Waals surface area contributed by atoms with Gasteiger partial charge in [-0.1, -0.05) is 37.3 Å². The number of hydrogen-bond acceptors (Lipinski definition) is 3. The first-order valence-electron chi connectivity index (χ1n) is 6.67. The summed E-state index contributed by atoms with van der Waals surface area (Å²) in [7, 11) is 0. The van der Waals surface area contributed by atoms with Gasteiger partial charge in [0.25, 0.3) is 0 Å². The first-order valence-corrected chi connectivity index (χ1v) is 6.67. The highest BCUT2D eigenvalue weighted by atomic mass is 16.5. The second-order valence-corrected chi connectivity index (χ2v) is 4.65. The predicted octanol–water partition coefficient (Wildman–Crippen LogP) is 1.91. The highest BCUT2D eigenvalue weighted by Crippen LogP contribution is 2.11. The van der Waals surface area contributed by atoms with Gasteiger partial charge in [0.15, 0.2) is 0 Å². The largest absolute Gasteiger partial charge is 0.480 e. The Morgan fingerprint density at radius 3 is 2.45 bits per heavy atom. The second-order valence-electron chi connectivity index (χ2n) is 4.65. The number of ether oxygens (including phenoxy) is 1. The molecule has 1 aromatic rings. The first kappa shape index (κ1) is 16.2. The smallest absolute Gasteiger partial charge is 0.329 e. The highest BCUT2D eigenvalue weighted by Gasteiger charge is 2.19. The fourth-order valence-corrected chi connectivity index (χ4v) is 1.80. The van der Waals surface area contributed by atoms with Gasteiger partial charge in [-0.3, -0.25) is 4.79 Å². The third-order valence-corrected chi connectivity index (χ3v) is 3.09. The monoisotopic (exact) mass is 279 g/mol. The Balaban J connectivity index is 2.64. The minimum atomic E-state index is -1.07. The topological polar surface area (TPSA) is 66.8 Å². The average Bonchev–Trinajstić information content (AvgIpc) is 2.44. The van der Waals surface area contributed by atoms with E-state index in [1.54, 1.807) is 4.90 Å². The number of carbonyl (C=O) groups excluding carboxylic acids is 1. The number of nitrogens with zero attached hydrogens (tertiary/aromatic N) is 1. The summed E-state index contributed by atoms with van der Waals surface area (Å²) in [5, 5.41) is 8.51. The zero-order chi connectivity index (χ0) is 15.0. The summed E-state index contributed by atoms with van der Waals surface area (Å²) in [6.07, 6.45) is 0.831. The highest BCUT2D eigenvalue weighted by molar-refractivity contribution is 5.78. The van der Waals surface area contributed by atoms with Crippen molar-refractivity contribution in [3.8, 4) is 0 Å². The van der Waals surface area contributed by atoms with Crippen LogP contribution in [0.3, 0.4) is 0 Å². The van der Waals surface area contributed by atoms with E-state index in [1.165, 1.54) is 0 Å². The molecule has 5 heteroatoms. The summed E-state index contributed by atoms with van der Waals surface area (Å²) in [5.74, 6) is -1.26. The first-order chi connectivity index (χ1) is 9.54. The number of benzene rings is 1. The van der Waals surface area contributed by atoms with Crippen LogP contribution in [0.1, 0.15) is 25.8 Å². The molecule has 1 unspecified atom stereocenters. The van der Waals surface area contributed by atoms with Crippen LogP contribution in [-0.2, 0) is 20.9 Å². The zero-order valence-electron chi connectivity index (χ0n) is 11.9. The molecule has 0 heterocycles. The predicted molar refractivity (Wildman–Crippen MR) is 75.2 cm³/mol. The Labute approximate surface area is 119 Å². The Kier molecular flexibility index (Phi) is 6.73. The standard InChI is InChI=1S/C15H21NO4/c1-3-12(2)16(9-13-7-5-4-6-8-13)14(17)10-20-11-15(18)19/h4-8,12H,3,9-11H2,1-2H3,(H,18,19). The molecule has 1 aromatic carbocycles. The van der Waals surface area contributed by atoms with Gasteiger partial charge in [0, 0.05) is 12.6 Å². The van der Waals surface area contributed by atoms with Crippen LogP contribution in [0, 0.1) is 0 Å². The molecular formula is C15H21NO4. The van der Waals surface area contributed by atoms with Crippen molar-refractivity contribution in [2.75, 3.05) is 13.2 Å². The molecule has 0 aromatic heterocycles. The van der Waals surface area contributed by atoms with Gasteiger partial charge < -0.3 is 14.7 Å². The van der Waals surface area contributed by atoms with E-state index in [9.17, 15) is 9.59 Å². The van der Waals surface area contributed by atoms with Crippen molar-refractivity contribution in [2.24, 2.45) is 0 Å². The van der Waals surface area contributed by atoms with Crippen LogP contribution in [0.2, 0.25) is 0 Å². The fraction of sp³-hybridized carbons (Fsp3) is 0.467. The molecule has 0 bridgehead atoms. The van der Waals surface area contributed by atoms with Crippen LogP contribution in [0.15, 0.2) is 30.3 Å². The molecule has 0 aliphatic heterocycles. The van der Waals surface area contributed by atoms with Gasteiger partial charge >= 0.3 is 5.97 Å². The molecule has 110 valence electrons. The number of rotatable bonds is 8. The van der Waals surface area contributed by atoms with Crippen LogP contribution in [-0.4, -0.2) is 41.1 Å². The van der Waals surface area contributed by atoms with Gasteiger partial charge in [-0.25, -0.2) is 4.79 Å². The van der Waals surface area contributed by atoms with Gasteiger partial charge in [0.1, 0.15) is 13.2 Å². The van der Waals surface area contributed by atoms with Crippen LogP contribution in [0.5, 0.6) is 0 Å². The van der Waals surface area contributed by atoms with Crippen molar-refractivity contribution in [1.29, 1.82) is 0 Å². The molecule has 1 atom stereocenters. The minimum absolute atomic E-state index is 0.0798. The maximum Gasteiger partial charge on any atom is 0.329 e.